The molecule has 100 valence electrons. The molecule has 4 nitrogen and oxygen atoms in total. The number of benzene rings is 1. The Bertz CT molecular complexity index is 406. The zero-order valence-electron chi connectivity index (χ0n) is 10.7. The number of carbonyl (C=O) groups is 1. The Labute approximate surface area is 106 Å². The molecule has 0 fully saturated rings. The van der Waals surface area contributed by atoms with Crippen LogP contribution in [0.2, 0.25) is 0 Å². The summed E-state index contributed by atoms with van der Waals surface area (Å²) in [7, 11) is 0. The van der Waals surface area contributed by atoms with E-state index in [0.717, 1.165) is 12.0 Å². The van der Waals surface area contributed by atoms with Crippen molar-refractivity contribution in [2.45, 2.75) is 26.3 Å². The van der Waals surface area contributed by atoms with Crippen molar-refractivity contribution in [1.29, 1.82) is 0 Å². The molecule has 0 unspecified atom stereocenters. The summed E-state index contributed by atoms with van der Waals surface area (Å²) >= 11 is 0. The molecule has 18 heavy (non-hydrogen) atoms. The maximum Gasteiger partial charge on any atom is 0.279 e. The summed E-state index contributed by atoms with van der Waals surface area (Å²) in [6.45, 7) is 3.93. The lowest BCUT2D eigenvalue weighted by molar-refractivity contribution is -0.680. The molecule has 0 radical (unpaired) electrons. The Balaban J connectivity index is 2.49. The SMILES string of the molecule is CC[C@H](CO)[NH2+]CC(=O)Nc1ccc(C)cc1F. The zero-order chi connectivity index (χ0) is 13.5. The van der Waals surface area contributed by atoms with Crippen LogP contribution in [0.15, 0.2) is 18.2 Å². The number of aliphatic hydroxyl groups excluding tert-OH is 1. The fourth-order valence-electron chi connectivity index (χ4n) is 1.57. The Hall–Kier alpha value is -1.46. The fraction of sp³-hybridized carbons (Fsp3) is 0.462. The number of rotatable bonds is 6. The van der Waals surface area contributed by atoms with Crippen LogP contribution in [0.3, 0.4) is 0 Å². The first kappa shape index (κ1) is 14.6. The fourth-order valence-corrected chi connectivity index (χ4v) is 1.57. The second kappa shape index (κ2) is 7.08. The molecule has 0 bridgehead atoms. The van der Waals surface area contributed by atoms with E-state index in [0.29, 0.717) is 0 Å². The third-order valence-electron chi connectivity index (χ3n) is 2.79. The smallest absolute Gasteiger partial charge is 0.279 e. The number of halogens is 1. The van der Waals surface area contributed by atoms with Gasteiger partial charge in [0.2, 0.25) is 0 Å². The molecule has 1 aromatic carbocycles. The van der Waals surface area contributed by atoms with E-state index < -0.39 is 5.82 Å². The van der Waals surface area contributed by atoms with Gasteiger partial charge in [-0.05, 0) is 31.0 Å². The predicted molar refractivity (Wildman–Crippen MR) is 67.7 cm³/mol. The lowest BCUT2D eigenvalue weighted by Gasteiger charge is -2.11. The van der Waals surface area contributed by atoms with E-state index in [4.69, 9.17) is 5.11 Å². The molecule has 4 N–H and O–H groups in total. The van der Waals surface area contributed by atoms with Crippen LogP contribution in [-0.4, -0.2) is 30.2 Å². The van der Waals surface area contributed by atoms with Crippen molar-refractivity contribution in [2.24, 2.45) is 0 Å². The molecule has 0 aromatic heterocycles. The van der Waals surface area contributed by atoms with Crippen LogP contribution < -0.4 is 10.6 Å². The third kappa shape index (κ3) is 4.43. The number of hydrogen-bond acceptors (Lipinski definition) is 2. The largest absolute Gasteiger partial charge is 0.390 e. The highest BCUT2D eigenvalue weighted by Gasteiger charge is 2.12. The highest BCUT2D eigenvalue weighted by atomic mass is 19.1. The van der Waals surface area contributed by atoms with Crippen molar-refractivity contribution in [3.05, 3.63) is 29.6 Å². The third-order valence-corrected chi connectivity index (χ3v) is 2.79. The van der Waals surface area contributed by atoms with Crippen molar-refractivity contribution < 1.29 is 19.6 Å². The average molecular weight is 255 g/mol. The van der Waals surface area contributed by atoms with Crippen LogP contribution in [0.1, 0.15) is 18.9 Å². The van der Waals surface area contributed by atoms with Gasteiger partial charge in [0.25, 0.3) is 5.91 Å². The van der Waals surface area contributed by atoms with Crippen molar-refractivity contribution >= 4 is 11.6 Å². The number of aryl methyl sites for hydroxylation is 1. The van der Waals surface area contributed by atoms with Gasteiger partial charge < -0.3 is 15.7 Å². The summed E-state index contributed by atoms with van der Waals surface area (Å²) in [5.41, 5.74) is 0.999. The molecule has 1 rings (SSSR count). The quantitative estimate of drug-likeness (QED) is 0.689. The van der Waals surface area contributed by atoms with Gasteiger partial charge in [-0.1, -0.05) is 13.0 Å². The van der Waals surface area contributed by atoms with E-state index in [-0.39, 0.29) is 30.8 Å². The maximum absolute atomic E-state index is 13.5. The van der Waals surface area contributed by atoms with Crippen molar-refractivity contribution in [1.82, 2.24) is 0 Å². The first-order chi connectivity index (χ1) is 8.56. The lowest BCUT2D eigenvalue weighted by Crippen LogP contribution is -2.92. The molecule has 0 aliphatic carbocycles. The van der Waals surface area contributed by atoms with Crippen LogP contribution in [0.25, 0.3) is 0 Å². The molecule has 0 heterocycles. The van der Waals surface area contributed by atoms with Gasteiger partial charge >= 0.3 is 0 Å². The van der Waals surface area contributed by atoms with E-state index in [1.807, 2.05) is 6.92 Å². The van der Waals surface area contributed by atoms with Gasteiger partial charge in [0.05, 0.1) is 12.3 Å². The normalized spacial score (nSPS) is 12.2. The predicted octanol–water partition coefficient (Wildman–Crippen LogP) is 0.407. The summed E-state index contributed by atoms with van der Waals surface area (Å²) in [4.78, 5) is 11.6. The van der Waals surface area contributed by atoms with E-state index in [1.54, 1.807) is 24.4 Å². The molecule has 1 amide bonds. The Morgan fingerprint density at radius 2 is 2.28 bits per heavy atom. The average Bonchev–Trinajstić information content (AvgIpc) is 2.34. The van der Waals surface area contributed by atoms with Crippen molar-refractivity contribution in [2.75, 3.05) is 18.5 Å². The molecule has 5 heteroatoms. The maximum atomic E-state index is 13.5. The molecular weight excluding hydrogens is 235 g/mol. The van der Waals surface area contributed by atoms with Gasteiger partial charge in [-0.2, -0.15) is 0 Å². The van der Waals surface area contributed by atoms with Gasteiger partial charge in [0.1, 0.15) is 11.9 Å². The van der Waals surface area contributed by atoms with Crippen LogP contribution in [0.5, 0.6) is 0 Å². The van der Waals surface area contributed by atoms with Crippen LogP contribution in [-0.2, 0) is 4.79 Å². The molecular formula is C13H20FN2O2+. The zero-order valence-corrected chi connectivity index (χ0v) is 10.7. The summed E-state index contributed by atoms with van der Waals surface area (Å²) in [6.07, 6.45) is 0.780. The van der Waals surface area contributed by atoms with Crippen LogP contribution in [0, 0.1) is 12.7 Å². The van der Waals surface area contributed by atoms with Gasteiger partial charge in [-0.3, -0.25) is 4.79 Å². The number of carbonyl (C=O) groups excluding carboxylic acids is 1. The van der Waals surface area contributed by atoms with Crippen LogP contribution in [0.4, 0.5) is 10.1 Å². The minimum absolute atomic E-state index is 0.0126. The Morgan fingerprint density at radius 1 is 1.56 bits per heavy atom. The number of anilines is 1. The number of aliphatic hydroxyl groups is 1. The van der Waals surface area contributed by atoms with Gasteiger partial charge in [0, 0.05) is 0 Å². The Kier molecular flexibility index (Phi) is 5.74. The minimum atomic E-state index is -0.433. The number of quaternary nitrogens is 1. The first-order valence-corrected chi connectivity index (χ1v) is 6.07. The standard InChI is InChI=1S/C13H19FN2O2/c1-3-10(8-17)15-7-13(18)16-12-5-4-9(2)6-11(12)14/h4-6,10,15,17H,3,7-8H2,1-2H3,(H,16,18)/p+1/t10-/m1/s1. The minimum Gasteiger partial charge on any atom is -0.390 e. The highest BCUT2D eigenvalue weighted by molar-refractivity contribution is 5.91. The second-order valence-corrected chi connectivity index (χ2v) is 4.32. The molecule has 0 aliphatic rings. The lowest BCUT2D eigenvalue weighted by atomic mass is 10.2. The summed E-state index contributed by atoms with van der Waals surface area (Å²) in [5.74, 6) is -0.706. The van der Waals surface area contributed by atoms with Crippen molar-refractivity contribution in [3.63, 3.8) is 0 Å². The van der Waals surface area contributed by atoms with Gasteiger partial charge in [-0.25, -0.2) is 4.39 Å². The number of hydrogen-bond donors (Lipinski definition) is 3. The topological polar surface area (TPSA) is 65.9 Å². The monoisotopic (exact) mass is 255 g/mol. The van der Waals surface area contributed by atoms with E-state index in [1.165, 1.54) is 6.07 Å². The highest BCUT2D eigenvalue weighted by Crippen LogP contribution is 2.14. The summed E-state index contributed by atoms with van der Waals surface area (Å²) in [5, 5.41) is 13.2. The molecule has 1 atom stereocenters. The van der Waals surface area contributed by atoms with E-state index in [9.17, 15) is 9.18 Å². The molecule has 0 aliphatic heterocycles. The summed E-state index contributed by atoms with van der Waals surface area (Å²) in [6, 6.07) is 4.68. The molecule has 0 saturated heterocycles. The molecule has 0 saturated carbocycles. The first-order valence-electron chi connectivity index (χ1n) is 6.07. The Morgan fingerprint density at radius 3 is 2.83 bits per heavy atom. The number of nitrogens with two attached hydrogens (primary N) is 1. The van der Waals surface area contributed by atoms with Crippen LogP contribution >= 0.6 is 0 Å². The van der Waals surface area contributed by atoms with Crippen molar-refractivity contribution in [3.8, 4) is 0 Å². The number of amides is 1. The number of nitrogens with one attached hydrogen (secondary N) is 1. The van der Waals surface area contributed by atoms with Gasteiger partial charge in [-0.15, -0.1) is 0 Å². The summed E-state index contributed by atoms with van der Waals surface area (Å²) < 4.78 is 13.5. The second-order valence-electron chi connectivity index (χ2n) is 4.32. The van der Waals surface area contributed by atoms with E-state index >= 15 is 0 Å². The molecule has 0 spiro atoms. The van der Waals surface area contributed by atoms with E-state index in [2.05, 4.69) is 5.32 Å². The molecule has 1 aromatic rings. The van der Waals surface area contributed by atoms with Gasteiger partial charge in [0.15, 0.2) is 6.54 Å².